The molecular formula is C11H13N5O3. The van der Waals surface area contributed by atoms with Crippen molar-refractivity contribution in [2.45, 2.75) is 19.9 Å². The standard InChI is InChI=1S/C11H13N5O3/c1-7(4-10(18)19)6-16-11(13-14-15-16)8-2-3-9(17)12-5-8/h2-3,5,7H,4,6H2,1H3,(H,12,17)(H,18,19). The van der Waals surface area contributed by atoms with Gasteiger partial charge in [0.15, 0.2) is 5.82 Å². The van der Waals surface area contributed by atoms with E-state index >= 15 is 0 Å². The number of aromatic amines is 1. The van der Waals surface area contributed by atoms with Crippen molar-refractivity contribution in [3.63, 3.8) is 0 Å². The molecule has 19 heavy (non-hydrogen) atoms. The molecule has 2 aromatic rings. The lowest BCUT2D eigenvalue weighted by atomic mass is 10.1. The van der Waals surface area contributed by atoms with E-state index in [0.717, 1.165) is 0 Å². The van der Waals surface area contributed by atoms with Crippen LogP contribution in [0.3, 0.4) is 0 Å². The number of tetrazole rings is 1. The van der Waals surface area contributed by atoms with Crippen molar-refractivity contribution < 1.29 is 9.90 Å². The van der Waals surface area contributed by atoms with E-state index in [9.17, 15) is 9.59 Å². The summed E-state index contributed by atoms with van der Waals surface area (Å²) in [5.41, 5.74) is 0.467. The molecule has 2 aromatic heterocycles. The van der Waals surface area contributed by atoms with Crippen molar-refractivity contribution in [2.24, 2.45) is 5.92 Å². The summed E-state index contributed by atoms with van der Waals surface area (Å²) in [4.78, 5) is 24.2. The number of rotatable bonds is 5. The molecule has 0 fully saturated rings. The van der Waals surface area contributed by atoms with Gasteiger partial charge in [0.25, 0.3) is 0 Å². The Hall–Kier alpha value is -2.51. The fraction of sp³-hybridized carbons (Fsp3) is 0.364. The summed E-state index contributed by atoms with van der Waals surface area (Å²) >= 11 is 0. The average molecular weight is 263 g/mol. The molecule has 0 saturated heterocycles. The van der Waals surface area contributed by atoms with Gasteiger partial charge in [-0.05, 0) is 22.4 Å². The van der Waals surface area contributed by atoms with Crippen molar-refractivity contribution in [1.82, 2.24) is 25.2 Å². The van der Waals surface area contributed by atoms with Crippen LogP contribution in [0.25, 0.3) is 11.4 Å². The summed E-state index contributed by atoms with van der Waals surface area (Å²) in [7, 11) is 0. The fourth-order valence-electron chi connectivity index (χ4n) is 1.74. The number of pyridine rings is 1. The Labute approximate surface area is 108 Å². The van der Waals surface area contributed by atoms with E-state index in [2.05, 4.69) is 20.5 Å². The zero-order valence-electron chi connectivity index (χ0n) is 10.3. The van der Waals surface area contributed by atoms with E-state index in [1.807, 2.05) is 6.92 Å². The Morgan fingerprint density at radius 1 is 1.53 bits per heavy atom. The molecule has 0 aliphatic rings. The highest BCUT2D eigenvalue weighted by atomic mass is 16.4. The zero-order valence-corrected chi connectivity index (χ0v) is 10.3. The Kier molecular flexibility index (Phi) is 3.69. The predicted octanol–water partition coefficient (Wildman–Crippen LogP) is 0.139. The highest BCUT2D eigenvalue weighted by Crippen LogP contribution is 2.15. The van der Waals surface area contributed by atoms with Crippen LogP contribution in [-0.2, 0) is 11.3 Å². The predicted molar refractivity (Wildman–Crippen MR) is 65.3 cm³/mol. The van der Waals surface area contributed by atoms with Gasteiger partial charge in [-0.15, -0.1) is 5.10 Å². The van der Waals surface area contributed by atoms with Crippen LogP contribution in [0, 0.1) is 5.92 Å². The molecule has 100 valence electrons. The van der Waals surface area contributed by atoms with Crippen LogP contribution in [0.5, 0.6) is 0 Å². The van der Waals surface area contributed by atoms with Gasteiger partial charge in [-0.3, -0.25) is 9.59 Å². The van der Waals surface area contributed by atoms with Crippen LogP contribution in [0.1, 0.15) is 13.3 Å². The molecule has 8 nitrogen and oxygen atoms in total. The van der Waals surface area contributed by atoms with Crippen LogP contribution < -0.4 is 5.56 Å². The molecule has 2 heterocycles. The minimum Gasteiger partial charge on any atom is -0.481 e. The molecule has 0 saturated carbocycles. The van der Waals surface area contributed by atoms with Crippen molar-refractivity contribution in [3.8, 4) is 11.4 Å². The van der Waals surface area contributed by atoms with Crippen LogP contribution in [0.4, 0.5) is 0 Å². The maximum Gasteiger partial charge on any atom is 0.303 e. The largest absolute Gasteiger partial charge is 0.481 e. The Morgan fingerprint density at radius 2 is 2.32 bits per heavy atom. The van der Waals surface area contributed by atoms with Crippen LogP contribution in [0.2, 0.25) is 0 Å². The lowest BCUT2D eigenvalue weighted by Crippen LogP contribution is -2.14. The van der Waals surface area contributed by atoms with Gasteiger partial charge in [-0.25, -0.2) is 4.68 Å². The number of hydrogen-bond acceptors (Lipinski definition) is 5. The van der Waals surface area contributed by atoms with Gasteiger partial charge in [0.2, 0.25) is 5.56 Å². The number of carboxylic acids is 1. The van der Waals surface area contributed by atoms with Crippen molar-refractivity contribution in [2.75, 3.05) is 0 Å². The number of nitrogens with zero attached hydrogens (tertiary/aromatic N) is 4. The monoisotopic (exact) mass is 263 g/mol. The topological polar surface area (TPSA) is 114 Å². The number of H-pyrrole nitrogens is 1. The summed E-state index contributed by atoms with van der Waals surface area (Å²) in [6, 6.07) is 3.00. The maximum absolute atomic E-state index is 11.0. The molecule has 0 amide bonds. The summed E-state index contributed by atoms with van der Waals surface area (Å²) in [5.74, 6) is -0.456. The Balaban J connectivity index is 2.20. The van der Waals surface area contributed by atoms with E-state index < -0.39 is 5.97 Å². The van der Waals surface area contributed by atoms with Gasteiger partial charge < -0.3 is 10.1 Å². The van der Waals surface area contributed by atoms with E-state index in [4.69, 9.17) is 5.11 Å². The summed E-state index contributed by atoms with van der Waals surface area (Å²) in [6.07, 6.45) is 1.57. The molecule has 1 atom stereocenters. The number of aliphatic carboxylic acids is 1. The molecule has 0 aliphatic heterocycles. The smallest absolute Gasteiger partial charge is 0.303 e. The normalized spacial score (nSPS) is 12.3. The molecule has 2 rings (SSSR count). The summed E-state index contributed by atoms with van der Waals surface area (Å²) in [5, 5.41) is 20.0. The number of carboxylic acid groups (broad SMARTS) is 1. The lowest BCUT2D eigenvalue weighted by Gasteiger charge is -2.09. The number of nitrogens with one attached hydrogen (secondary N) is 1. The minimum absolute atomic E-state index is 0.0466. The zero-order chi connectivity index (χ0) is 13.8. The number of carbonyl (C=O) groups is 1. The summed E-state index contributed by atoms with van der Waals surface area (Å²) < 4.78 is 1.53. The average Bonchev–Trinajstić information content (AvgIpc) is 2.77. The second-order valence-corrected chi connectivity index (χ2v) is 4.33. The Bertz CT molecular complexity index is 613. The SMILES string of the molecule is CC(CC(=O)O)Cn1nnnc1-c1ccc(=O)[nH]c1. The van der Waals surface area contributed by atoms with Gasteiger partial charge in [-0.2, -0.15) is 0 Å². The van der Waals surface area contributed by atoms with Crippen LogP contribution in [0.15, 0.2) is 23.1 Å². The first-order chi connectivity index (χ1) is 9.06. The van der Waals surface area contributed by atoms with Gasteiger partial charge in [0, 0.05) is 30.8 Å². The van der Waals surface area contributed by atoms with Crippen molar-refractivity contribution in [1.29, 1.82) is 0 Å². The first kappa shape index (κ1) is 12.9. The molecule has 0 aromatic carbocycles. The van der Waals surface area contributed by atoms with Gasteiger partial charge in [0.1, 0.15) is 0 Å². The van der Waals surface area contributed by atoms with E-state index in [1.54, 1.807) is 6.07 Å². The second-order valence-electron chi connectivity index (χ2n) is 4.33. The van der Waals surface area contributed by atoms with E-state index in [-0.39, 0.29) is 17.9 Å². The lowest BCUT2D eigenvalue weighted by molar-refractivity contribution is -0.138. The Morgan fingerprint density at radius 3 is 2.95 bits per heavy atom. The molecule has 0 spiro atoms. The number of hydrogen-bond donors (Lipinski definition) is 2. The van der Waals surface area contributed by atoms with Crippen molar-refractivity contribution in [3.05, 3.63) is 28.7 Å². The van der Waals surface area contributed by atoms with Crippen LogP contribution >= 0.6 is 0 Å². The van der Waals surface area contributed by atoms with Gasteiger partial charge >= 0.3 is 5.97 Å². The number of aromatic nitrogens is 5. The van der Waals surface area contributed by atoms with E-state index in [0.29, 0.717) is 17.9 Å². The molecule has 2 N–H and O–H groups in total. The molecule has 0 bridgehead atoms. The van der Waals surface area contributed by atoms with Crippen molar-refractivity contribution >= 4 is 5.97 Å². The first-order valence-electron chi connectivity index (χ1n) is 5.73. The molecule has 8 heteroatoms. The minimum atomic E-state index is -0.855. The first-order valence-corrected chi connectivity index (χ1v) is 5.73. The maximum atomic E-state index is 11.0. The quantitative estimate of drug-likeness (QED) is 0.793. The van der Waals surface area contributed by atoms with Crippen LogP contribution in [-0.4, -0.2) is 36.3 Å². The highest BCUT2D eigenvalue weighted by molar-refractivity contribution is 5.66. The molecule has 1 unspecified atom stereocenters. The van der Waals surface area contributed by atoms with Gasteiger partial charge in [-0.1, -0.05) is 6.92 Å². The molecule has 0 aliphatic carbocycles. The highest BCUT2D eigenvalue weighted by Gasteiger charge is 2.14. The molecule has 0 radical (unpaired) electrons. The molecular weight excluding hydrogens is 250 g/mol. The third kappa shape index (κ3) is 3.24. The second kappa shape index (κ2) is 5.42. The van der Waals surface area contributed by atoms with Gasteiger partial charge in [0.05, 0.1) is 0 Å². The summed E-state index contributed by atoms with van der Waals surface area (Å²) in [6.45, 7) is 2.21. The third-order valence-electron chi connectivity index (χ3n) is 2.58. The van der Waals surface area contributed by atoms with E-state index in [1.165, 1.54) is 16.9 Å². The fourth-order valence-corrected chi connectivity index (χ4v) is 1.74. The third-order valence-corrected chi connectivity index (χ3v) is 2.58.